The number of hydrogen-bond acceptors (Lipinski definition) is 5. The lowest BCUT2D eigenvalue weighted by Gasteiger charge is -2.08. The Hall–Kier alpha value is -3.00. The quantitative estimate of drug-likeness (QED) is 0.533. The van der Waals surface area contributed by atoms with Gasteiger partial charge >= 0.3 is 11.8 Å². The molecule has 26 heavy (non-hydrogen) atoms. The average molecular weight is 373 g/mol. The van der Waals surface area contributed by atoms with Gasteiger partial charge in [0.1, 0.15) is 0 Å². The van der Waals surface area contributed by atoms with Gasteiger partial charge in [0.15, 0.2) is 5.78 Å². The largest absolute Gasteiger partial charge is 0.347 e. The van der Waals surface area contributed by atoms with Crippen LogP contribution in [0.15, 0.2) is 36.4 Å². The third kappa shape index (κ3) is 5.82. The molecule has 7 nitrogen and oxygen atoms in total. The van der Waals surface area contributed by atoms with Crippen molar-refractivity contribution in [3.63, 3.8) is 0 Å². The van der Waals surface area contributed by atoms with Crippen LogP contribution in [0.1, 0.15) is 28.4 Å². The van der Waals surface area contributed by atoms with Gasteiger partial charge in [-0.25, -0.2) is 0 Å². The van der Waals surface area contributed by atoms with Crippen LogP contribution in [0.3, 0.4) is 0 Å². The summed E-state index contributed by atoms with van der Waals surface area (Å²) in [6.07, 6.45) is 0.537. The van der Waals surface area contributed by atoms with Crippen LogP contribution in [0.5, 0.6) is 0 Å². The van der Waals surface area contributed by atoms with Gasteiger partial charge in [-0.3, -0.25) is 19.2 Å². The Morgan fingerprint density at radius 1 is 0.923 bits per heavy atom. The topological polar surface area (TPSA) is 104 Å². The van der Waals surface area contributed by atoms with Crippen LogP contribution in [0.2, 0.25) is 0 Å². The Kier molecular flexibility index (Phi) is 6.62. The second kappa shape index (κ2) is 8.91. The normalized spacial score (nSPS) is 10.1. The van der Waals surface area contributed by atoms with Crippen LogP contribution in [-0.4, -0.2) is 30.0 Å². The Morgan fingerprint density at radius 3 is 2.23 bits per heavy atom. The number of benzene rings is 1. The number of amides is 3. The molecule has 0 aliphatic carbocycles. The smallest absolute Gasteiger partial charge is 0.313 e. The molecule has 0 saturated carbocycles. The van der Waals surface area contributed by atoms with Crippen molar-refractivity contribution in [2.75, 3.05) is 17.2 Å². The first-order valence-corrected chi connectivity index (χ1v) is 8.73. The summed E-state index contributed by atoms with van der Waals surface area (Å²) >= 11 is 1.37. The lowest BCUT2D eigenvalue weighted by atomic mass is 10.2. The lowest BCUT2D eigenvalue weighted by molar-refractivity contribution is -0.136. The van der Waals surface area contributed by atoms with E-state index >= 15 is 0 Å². The van der Waals surface area contributed by atoms with Gasteiger partial charge in [0.2, 0.25) is 5.91 Å². The zero-order valence-electron chi connectivity index (χ0n) is 14.4. The molecule has 3 amide bonds. The molecule has 3 N–H and O–H groups in total. The first-order chi connectivity index (χ1) is 12.3. The highest BCUT2D eigenvalue weighted by Crippen LogP contribution is 2.17. The first kappa shape index (κ1) is 19.3. The molecule has 8 heteroatoms. The highest BCUT2D eigenvalue weighted by Gasteiger charge is 2.14. The van der Waals surface area contributed by atoms with E-state index in [1.54, 1.807) is 30.3 Å². The van der Waals surface area contributed by atoms with E-state index in [1.807, 2.05) is 6.07 Å². The number of anilines is 2. The summed E-state index contributed by atoms with van der Waals surface area (Å²) in [6, 6.07) is 10.1. The van der Waals surface area contributed by atoms with Crippen LogP contribution in [0.4, 0.5) is 11.4 Å². The average Bonchev–Trinajstić information content (AvgIpc) is 3.03. The van der Waals surface area contributed by atoms with Gasteiger partial charge in [0, 0.05) is 29.7 Å². The monoisotopic (exact) mass is 373 g/mol. The van der Waals surface area contributed by atoms with Crippen LogP contribution < -0.4 is 16.0 Å². The fourth-order valence-corrected chi connectivity index (χ4v) is 3.05. The highest BCUT2D eigenvalue weighted by atomic mass is 32.1. The zero-order chi connectivity index (χ0) is 19.1. The predicted molar refractivity (Wildman–Crippen MR) is 100 cm³/mol. The maximum absolute atomic E-state index is 11.9. The van der Waals surface area contributed by atoms with Crippen molar-refractivity contribution in [3.8, 4) is 0 Å². The molecular weight excluding hydrogens is 354 g/mol. The molecule has 0 aliphatic heterocycles. The maximum atomic E-state index is 11.9. The molecule has 0 unspecified atom stereocenters. The summed E-state index contributed by atoms with van der Waals surface area (Å²) in [5.74, 6) is -1.77. The third-order valence-corrected chi connectivity index (χ3v) is 4.56. The molecule has 0 saturated heterocycles. The van der Waals surface area contributed by atoms with E-state index in [1.165, 1.54) is 25.2 Å². The minimum atomic E-state index is -0.791. The molecule has 1 heterocycles. The molecule has 0 bridgehead atoms. The number of Topliss-reactive ketones (excluding diaryl/α,β-unsaturated/α-hetero) is 1. The number of hydrogen-bond donors (Lipinski definition) is 3. The summed E-state index contributed by atoms with van der Waals surface area (Å²) in [6.45, 7) is 3.17. The molecule has 2 rings (SSSR count). The van der Waals surface area contributed by atoms with Gasteiger partial charge in [-0.2, -0.15) is 0 Å². The van der Waals surface area contributed by atoms with Crippen molar-refractivity contribution in [1.29, 1.82) is 0 Å². The van der Waals surface area contributed by atoms with E-state index in [4.69, 9.17) is 0 Å². The molecule has 136 valence electrons. The van der Waals surface area contributed by atoms with Gasteiger partial charge in [-0.1, -0.05) is 6.07 Å². The molecular formula is C18H19N3O4S. The maximum Gasteiger partial charge on any atom is 0.313 e. The second-order valence-electron chi connectivity index (χ2n) is 5.54. The van der Waals surface area contributed by atoms with Crippen molar-refractivity contribution in [1.82, 2.24) is 5.32 Å². The van der Waals surface area contributed by atoms with Crippen molar-refractivity contribution < 1.29 is 19.2 Å². The Labute approximate surface area is 154 Å². The van der Waals surface area contributed by atoms with E-state index in [2.05, 4.69) is 16.0 Å². The molecule has 0 aliphatic rings. The summed E-state index contributed by atoms with van der Waals surface area (Å²) in [4.78, 5) is 47.7. The number of nitrogens with one attached hydrogen (secondary N) is 3. The minimum Gasteiger partial charge on any atom is -0.347 e. The number of rotatable bonds is 6. The number of ketones is 1. The number of carbonyl (C=O) groups is 4. The molecule has 0 atom stereocenters. The van der Waals surface area contributed by atoms with Crippen molar-refractivity contribution in [2.45, 2.75) is 20.3 Å². The van der Waals surface area contributed by atoms with Crippen molar-refractivity contribution in [2.24, 2.45) is 0 Å². The van der Waals surface area contributed by atoms with E-state index in [0.717, 1.165) is 4.88 Å². The van der Waals surface area contributed by atoms with Gasteiger partial charge in [-0.05, 0) is 43.7 Å². The van der Waals surface area contributed by atoms with Crippen molar-refractivity contribution >= 4 is 46.2 Å². The number of thiophene rings is 1. The van der Waals surface area contributed by atoms with Crippen LogP contribution in [0, 0.1) is 0 Å². The van der Waals surface area contributed by atoms with Gasteiger partial charge in [-0.15, -0.1) is 11.3 Å². The Balaban J connectivity index is 1.82. The first-order valence-electron chi connectivity index (χ1n) is 7.91. The fourth-order valence-electron chi connectivity index (χ4n) is 2.15. The standard InChI is InChI=1S/C18H19N3O4S/c1-11(22)16-7-6-15(26-16)8-9-19-17(24)18(25)21-14-5-3-4-13(10-14)20-12(2)23/h3-7,10H,8-9H2,1-2H3,(H,19,24)(H,20,23)(H,21,25). The van der Waals surface area contributed by atoms with E-state index in [9.17, 15) is 19.2 Å². The molecule has 1 aromatic carbocycles. The van der Waals surface area contributed by atoms with Crippen LogP contribution in [-0.2, 0) is 20.8 Å². The fraction of sp³-hybridized carbons (Fsp3) is 0.222. The van der Waals surface area contributed by atoms with Crippen molar-refractivity contribution in [3.05, 3.63) is 46.2 Å². The predicted octanol–water partition coefficient (Wildman–Crippen LogP) is 2.21. The van der Waals surface area contributed by atoms with E-state index in [-0.39, 0.29) is 18.2 Å². The Morgan fingerprint density at radius 2 is 1.62 bits per heavy atom. The lowest BCUT2D eigenvalue weighted by Crippen LogP contribution is -2.36. The van der Waals surface area contributed by atoms with Gasteiger partial charge < -0.3 is 16.0 Å². The SMILES string of the molecule is CC(=O)Nc1cccc(NC(=O)C(=O)NCCc2ccc(C(C)=O)s2)c1. The molecule has 0 radical (unpaired) electrons. The Bertz CT molecular complexity index is 844. The second-order valence-corrected chi connectivity index (χ2v) is 6.71. The summed E-state index contributed by atoms with van der Waals surface area (Å²) < 4.78 is 0. The molecule has 2 aromatic rings. The summed E-state index contributed by atoms with van der Waals surface area (Å²) in [7, 11) is 0. The zero-order valence-corrected chi connectivity index (χ0v) is 15.2. The molecule has 1 aromatic heterocycles. The van der Waals surface area contributed by atoms with Gasteiger partial charge in [0.25, 0.3) is 0 Å². The van der Waals surface area contributed by atoms with Gasteiger partial charge in [0.05, 0.1) is 4.88 Å². The molecule has 0 spiro atoms. The third-order valence-electron chi connectivity index (χ3n) is 3.31. The minimum absolute atomic E-state index is 0.00570. The summed E-state index contributed by atoms with van der Waals surface area (Å²) in [5, 5.41) is 7.61. The summed E-state index contributed by atoms with van der Waals surface area (Å²) in [5.41, 5.74) is 0.926. The van der Waals surface area contributed by atoms with Crippen LogP contribution >= 0.6 is 11.3 Å². The van der Waals surface area contributed by atoms with Crippen LogP contribution in [0.25, 0.3) is 0 Å². The highest BCUT2D eigenvalue weighted by molar-refractivity contribution is 7.14. The molecule has 0 fully saturated rings. The number of carbonyl (C=O) groups excluding carboxylic acids is 4. The van der Waals surface area contributed by atoms with E-state index < -0.39 is 11.8 Å². The van der Waals surface area contributed by atoms with E-state index in [0.29, 0.717) is 22.7 Å².